The Labute approximate surface area is 169 Å². The number of amides is 1. The van der Waals surface area contributed by atoms with Crippen LogP contribution in [0.5, 0.6) is 5.75 Å². The minimum Gasteiger partial charge on any atom is -0.497 e. The maximum Gasteiger partial charge on any atom is 0.232 e. The number of ether oxygens (including phenoxy) is 1. The first kappa shape index (κ1) is 21.3. The van der Waals surface area contributed by atoms with Crippen molar-refractivity contribution in [2.24, 2.45) is 0 Å². The summed E-state index contributed by atoms with van der Waals surface area (Å²) >= 11 is 11.9. The first-order valence-corrected chi connectivity index (χ1v) is 10.7. The van der Waals surface area contributed by atoms with Crippen molar-refractivity contribution in [2.45, 2.75) is 12.8 Å². The molecule has 0 unspecified atom stereocenters. The van der Waals surface area contributed by atoms with Crippen LogP contribution < -0.4 is 14.4 Å². The van der Waals surface area contributed by atoms with Crippen LogP contribution >= 0.6 is 23.2 Å². The van der Waals surface area contributed by atoms with Crippen LogP contribution in [0.25, 0.3) is 0 Å². The van der Waals surface area contributed by atoms with E-state index in [4.69, 9.17) is 27.9 Å². The van der Waals surface area contributed by atoms with Crippen molar-refractivity contribution in [3.05, 3.63) is 52.5 Å². The van der Waals surface area contributed by atoms with Gasteiger partial charge in [-0.15, -0.1) is 0 Å². The Kier molecular flexibility index (Phi) is 7.35. The number of sulfonamides is 1. The summed E-state index contributed by atoms with van der Waals surface area (Å²) in [6.45, 7) is 0.146. The lowest BCUT2D eigenvalue weighted by Crippen LogP contribution is -2.31. The van der Waals surface area contributed by atoms with E-state index < -0.39 is 10.0 Å². The van der Waals surface area contributed by atoms with Gasteiger partial charge in [0, 0.05) is 18.7 Å². The number of nitrogens with one attached hydrogen (secondary N) is 1. The van der Waals surface area contributed by atoms with Gasteiger partial charge in [0.1, 0.15) is 5.75 Å². The van der Waals surface area contributed by atoms with Crippen LogP contribution in [0.4, 0.5) is 11.4 Å². The molecule has 0 aliphatic rings. The maximum atomic E-state index is 12.1. The predicted molar refractivity (Wildman–Crippen MR) is 110 cm³/mol. The van der Waals surface area contributed by atoms with Crippen molar-refractivity contribution in [2.75, 3.05) is 29.5 Å². The fourth-order valence-corrected chi connectivity index (χ4v) is 3.66. The van der Waals surface area contributed by atoms with E-state index in [9.17, 15) is 13.2 Å². The molecule has 0 atom stereocenters. The molecule has 2 aromatic rings. The van der Waals surface area contributed by atoms with Crippen molar-refractivity contribution in [3.8, 4) is 5.75 Å². The van der Waals surface area contributed by atoms with E-state index >= 15 is 0 Å². The number of benzene rings is 2. The first-order chi connectivity index (χ1) is 12.7. The Morgan fingerprint density at radius 2 is 1.78 bits per heavy atom. The van der Waals surface area contributed by atoms with Crippen molar-refractivity contribution in [1.29, 1.82) is 0 Å². The lowest BCUT2D eigenvalue weighted by atomic mass is 10.2. The van der Waals surface area contributed by atoms with E-state index in [-0.39, 0.29) is 23.9 Å². The number of nitrogens with zero attached hydrogens (tertiary/aromatic N) is 1. The fourth-order valence-electron chi connectivity index (χ4n) is 2.41. The molecule has 9 heteroatoms. The number of hydrogen-bond donors (Lipinski definition) is 1. The lowest BCUT2D eigenvalue weighted by Gasteiger charge is -2.22. The topological polar surface area (TPSA) is 75.7 Å². The highest BCUT2D eigenvalue weighted by molar-refractivity contribution is 7.92. The second-order valence-corrected chi connectivity index (χ2v) is 8.53. The predicted octanol–water partition coefficient (Wildman–Crippen LogP) is 4.19. The molecule has 0 aliphatic carbocycles. The van der Waals surface area contributed by atoms with Gasteiger partial charge in [0.15, 0.2) is 0 Å². The average Bonchev–Trinajstić information content (AvgIpc) is 2.61. The van der Waals surface area contributed by atoms with E-state index in [1.165, 1.54) is 16.4 Å². The summed E-state index contributed by atoms with van der Waals surface area (Å²) < 4.78 is 30.5. The van der Waals surface area contributed by atoms with E-state index in [0.717, 1.165) is 6.26 Å². The zero-order valence-corrected chi connectivity index (χ0v) is 17.2. The SMILES string of the molecule is COc1ccc(NC(=O)CCCN(c2ccc(Cl)c(Cl)c2)S(C)(=O)=O)cc1. The van der Waals surface area contributed by atoms with Gasteiger partial charge in [0.2, 0.25) is 15.9 Å². The second-order valence-electron chi connectivity index (χ2n) is 5.81. The summed E-state index contributed by atoms with van der Waals surface area (Å²) in [6, 6.07) is 11.5. The maximum absolute atomic E-state index is 12.1. The van der Waals surface area contributed by atoms with Crippen molar-refractivity contribution in [1.82, 2.24) is 0 Å². The van der Waals surface area contributed by atoms with Gasteiger partial charge < -0.3 is 10.1 Å². The molecule has 0 fully saturated rings. The number of carbonyl (C=O) groups is 1. The molecule has 1 amide bonds. The molecule has 27 heavy (non-hydrogen) atoms. The van der Waals surface area contributed by atoms with Gasteiger partial charge in [-0.2, -0.15) is 0 Å². The lowest BCUT2D eigenvalue weighted by molar-refractivity contribution is -0.116. The van der Waals surface area contributed by atoms with Gasteiger partial charge in [-0.3, -0.25) is 9.10 Å². The summed E-state index contributed by atoms with van der Waals surface area (Å²) in [5, 5.41) is 3.37. The van der Waals surface area contributed by atoms with Crippen molar-refractivity contribution in [3.63, 3.8) is 0 Å². The van der Waals surface area contributed by atoms with E-state index in [1.54, 1.807) is 37.4 Å². The molecule has 2 rings (SSSR count). The Morgan fingerprint density at radius 3 is 2.33 bits per heavy atom. The molecule has 0 radical (unpaired) electrons. The normalized spacial score (nSPS) is 11.1. The number of hydrogen-bond acceptors (Lipinski definition) is 4. The molecule has 2 aromatic carbocycles. The summed E-state index contributed by atoms with van der Waals surface area (Å²) in [6.07, 6.45) is 1.61. The van der Waals surface area contributed by atoms with Crippen molar-refractivity contribution < 1.29 is 17.9 Å². The Hall–Kier alpha value is -1.96. The highest BCUT2D eigenvalue weighted by Gasteiger charge is 2.18. The van der Waals surface area contributed by atoms with Crippen LogP contribution in [0.3, 0.4) is 0 Å². The van der Waals surface area contributed by atoms with Crippen LogP contribution in [0, 0.1) is 0 Å². The van der Waals surface area contributed by atoms with Crippen LogP contribution in [0.1, 0.15) is 12.8 Å². The van der Waals surface area contributed by atoms with Crippen LogP contribution in [-0.4, -0.2) is 34.2 Å². The molecule has 0 heterocycles. The summed E-state index contributed by atoms with van der Waals surface area (Å²) in [7, 11) is -1.96. The molecule has 0 bridgehead atoms. The molecule has 0 saturated heterocycles. The van der Waals surface area contributed by atoms with Crippen LogP contribution in [-0.2, 0) is 14.8 Å². The average molecular weight is 431 g/mol. The summed E-state index contributed by atoms with van der Waals surface area (Å²) in [5.41, 5.74) is 1.05. The number of halogens is 2. The van der Waals surface area contributed by atoms with E-state index in [1.807, 2.05) is 0 Å². The molecular formula is C18H20Cl2N2O4S. The molecule has 146 valence electrons. The zero-order chi connectivity index (χ0) is 20.0. The number of methoxy groups -OCH3 is 1. The van der Waals surface area contributed by atoms with Crippen molar-refractivity contribution >= 4 is 50.5 Å². The number of rotatable bonds is 8. The third-order valence-electron chi connectivity index (χ3n) is 3.73. The fraction of sp³-hybridized carbons (Fsp3) is 0.278. The Morgan fingerprint density at radius 1 is 1.11 bits per heavy atom. The molecular weight excluding hydrogens is 411 g/mol. The van der Waals surface area contributed by atoms with Gasteiger partial charge in [-0.1, -0.05) is 23.2 Å². The highest BCUT2D eigenvalue weighted by atomic mass is 35.5. The summed E-state index contributed by atoms with van der Waals surface area (Å²) in [5.74, 6) is 0.487. The second kappa shape index (κ2) is 9.30. The largest absolute Gasteiger partial charge is 0.497 e. The molecule has 6 nitrogen and oxygen atoms in total. The van der Waals surface area contributed by atoms with E-state index in [2.05, 4.69) is 5.32 Å². The summed E-state index contributed by atoms with van der Waals surface area (Å²) in [4.78, 5) is 12.1. The monoisotopic (exact) mass is 430 g/mol. The van der Waals surface area contributed by atoms with Crippen LogP contribution in [0.2, 0.25) is 10.0 Å². The minimum absolute atomic E-state index is 0.146. The highest BCUT2D eigenvalue weighted by Crippen LogP contribution is 2.28. The third-order valence-corrected chi connectivity index (χ3v) is 5.66. The Bertz CT molecular complexity index is 902. The van der Waals surface area contributed by atoms with Gasteiger partial charge >= 0.3 is 0 Å². The molecule has 0 aliphatic heterocycles. The third kappa shape index (κ3) is 6.30. The Balaban J connectivity index is 1.96. The standard InChI is InChI=1S/C18H20Cl2N2O4S/c1-26-15-8-5-13(6-9-15)21-18(23)4-3-11-22(27(2,24)25)14-7-10-16(19)17(20)12-14/h5-10,12H,3-4,11H2,1-2H3,(H,21,23). The number of anilines is 2. The van der Waals surface area contributed by atoms with Gasteiger partial charge in [0.25, 0.3) is 0 Å². The van der Waals surface area contributed by atoms with Gasteiger partial charge in [-0.25, -0.2) is 8.42 Å². The van der Waals surface area contributed by atoms with Gasteiger partial charge in [0.05, 0.1) is 29.1 Å². The van der Waals surface area contributed by atoms with Gasteiger partial charge in [-0.05, 0) is 48.9 Å². The smallest absolute Gasteiger partial charge is 0.232 e. The molecule has 0 saturated carbocycles. The molecule has 1 N–H and O–H groups in total. The zero-order valence-electron chi connectivity index (χ0n) is 14.9. The number of carbonyl (C=O) groups excluding carboxylic acids is 1. The quantitative estimate of drug-likeness (QED) is 0.680. The minimum atomic E-state index is -3.53. The van der Waals surface area contributed by atoms with E-state index in [0.29, 0.717) is 28.6 Å². The molecule has 0 aromatic heterocycles. The van der Waals surface area contributed by atoms with Crippen LogP contribution in [0.15, 0.2) is 42.5 Å². The first-order valence-electron chi connectivity index (χ1n) is 8.07. The molecule has 0 spiro atoms.